The zero-order valence-electron chi connectivity index (χ0n) is 15.7. The van der Waals surface area contributed by atoms with Crippen molar-refractivity contribution < 1.29 is 9.50 Å². The van der Waals surface area contributed by atoms with Gasteiger partial charge in [-0.1, -0.05) is 12.1 Å². The summed E-state index contributed by atoms with van der Waals surface area (Å²) in [4.78, 5) is 4.71. The molecule has 0 radical (unpaired) electrons. The van der Waals surface area contributed by atoms with Crippen LogP contribution in [0.4, 0.5) is 4.39 Å². The summed E-state index contributed by atoms with van der Waals surface area (Å²) in [7, 11) is 0. The molecule has 0 amide bonds. The van der Waals surface area contributed by atoms with Gasteiger partial charge in [0, 0.05) is 40.2 Å². The highest BCUT2D eigenvalue weighted by molar-refractivity contribution is 7.12. The summed E-state index contributed by atoms with van der Waals surface area (Å²) in [6.45, 7) is 6.53. The highest BCUT2D eigenvalue weighted by Crippen LogP contribution is 2.33. The molecular weight excluding hydrogens is 361 g/mol. The molecule has 1 saturated heterocycles. The molecule has 0 unspecified atom stereocenters. The highest BCUT2D eigenvalue weighted by Gasteiger charge is 2.22. The lowest BCUT2D eigenvalue weighted by atomic mass is 10.1. The maximum atomic E-state index is 14.3. The van der Waals surface area contributed by atoms with E-state index in [1.54, 1.807) is 28.2 Å². The molecule has 2 aromatic heterocycles. The lowest BCUT2D eigenvalue weighted by Crippen LogP contribution is -2.37. The quantitative estimate of drug-likeness (QED) is 0.727. The van der Waals surface area contributed by atoms with Crippen LogP contribution in [0.2, 0.25) is 0 Å². The lowest BCUT2D eigenvalue weighted by molar-refractivity contribution is 0.0669. The van der Waals surface area contributed by atoms with Crippen LogP contribution in [-0.4, -0.2) is 39.0 Å². The van der Waals surface area contributed by atoms with Gasteiger partial charge in [-0.2, -0.15) is 5.10 Å². The first-order valence-electron chi connectivity index (χ1n) is 9.32. The molecule has 0 bridgehead atoms. The van der Waals surface area contributed by atoms with Crippen molar-refractivity contribution in [3.8, 4) is 16.9 Å². The minimum Gasteiger partial charge on any atom is -0.392 e. The molecule has 4 nitrogen and oxygen atoms in total. The fourth-order valence-electron chi connectivity index (χ4n) is 3.79. The van der Waals surface area contributed by atoms with Crippen LogP contribution in [0.25, 0.3) is 16.9 Å². The Morgan fingerprint density at radius 3 is 2.81 bits per heavy atom. The zero-order chi connectivity index (χ0) is 19.0. The minimum absolute atomic E-state index is 0.269. The van der Waals surface area contributed by atoms with Crippen molar-refractivity contribution in [1.29, 1.82) is 0 Å². The molecule has 1 aliphatic rings. The molecule has 4 rings (SSSR count). The molecule has 0 spiro atoms. The average molecular weight is 386 g/mol. The van der Waals surface area contributed by atoms with E-state index in [1.165, 1.54) is 15.8 Å². The number of nitrogens with zero attached hydrogens (tertiary/aromatic N) is 3. The number of para-hydroxylation sites is 1. The molecule has 0 saturated carbocycles. The largest absolute Gasteiger partial charge is 0.392 e. The summed E-state index contributed by atoms with van der Waals surface area (Å²) in [6, 6.07) is 8.86. The first kappa shape index (κ1) is 18.3. The first-order valence-corrected chi connectivity index (χ1v) is 10.1. The van der Waals surface area contributed by atoms with Crippen molar-refractivity contribution in [2.24, 2.45) is 0 Å². The Morgan fingerprint density at radius 1 is 1.30 bits per heavy atom. The molecule has 0 aliphatic carbocycles. The van der Waals surface area contributed by atoms with E-state index in [9.17, 15) is 9.50 Å². The van der Waals surface area contributed by atoms with E-state index >= 15 is 0 Å². The minimum atomic E-state index is -0.287. The Balaban J connectivity index is 1.75. The van der Waals surface area contributed by atoms with Gasteiger partial charge in [-0.15, -0.1) is 11.3 Å². The van der Waals surface area contributed by atoms with Gasteiger partial charge in [0.25, 0.3) is 0 Å². The maximum Gasteiger partial charge on any atom is 0.148 e. The van der Waals surface area contributed by atoms with Crippen LogP contribution in [0, 0.1) is 19.7 Å². The molecule has 1 N–H and O–H groups in total. The van der Waals surface area contributed by atoms with Crippen molar-refractivity contribution in [3.63, 3.8) is 0 Å². The van der Waals surface area contributed by atoms with Gasteiger partial charge in [-0.05, 0) is 51.4 Å². The van der Waals surface area contributed by atoms with Gasteiger partial charge >= 0.3 is 0 Å². The Kier molecular flexibility index (Phi) is 5.12. The van der Waals surface area contributed by atoms with Crippen molar-refractivity contribution in [1.82, 2.24) is 14.7 Å². The number of rotatable bonds is 4. The normalized spacial score (nSPS) is 18.1. The second kappa shape index (κ2) is 7.54. The summed E-state index contributed by atoms with van der Waals surface area (Å²) in [6.07, 6.45) is 3.52. The molecule has 27 heavy (non-hydrogen) atoms. The average Bonchev–Trinajstić information content (AvgIpc) is 3.18. The van der Waals surface area contributed by atoms with E-state index in [0.717, 1.165) is 36.2 Å². The van der Waals surface area contributed by atoms with Crippen LogP contribution < -0.4 is 0 Å². The number of aromatic nitrogens is 2. The molecule has 3 heterocycles. The van der Waals surface area contributed by atoms with Crippen LogP contribution >= 0.6 is 11.3 Å². The van der Waals surface area contributed by atoms with Crippen molar-refractivity contribution in [3.05, 3.63) is 57.7 Å². The van der Waals surface area contributed by atoms with Gasteiger partial charge in [0.05, 0.1) is 11.8 Å². The number of β-amino-alcohol motifs (C(OH)–C–C–N with tert-alkyl or cyclic N) is 1. The predicted molar refractivity (Wildman–Crippen MR) is 107 cm³/mol. The molecule has 1 fully saturated rings. The molecule has 1 aliphatic heterocycles. The van der Waals surface area contributed by atoms with Gasteiger partial charge in [0.15, 0.2) is 0 Å². The monoisotopic (exact) mass is 385 g/mol. The second-order valence-corrected chi connectivity index (χ2v) is 8.72. The van der Waals surface area contributed by atoms with Crippen molar-refractivity contribution >= 4 is 11.3 Å². The fourth-order valence-corrected chi connectivity index (χ4v) is 4.72. The number of aliphatic hydroxyl groups is 1. The lowest BCUT2D eigenvalue weighted by Gasteiger charge is -2.29. The molecule has 1 atom stereocenters. The van der Waals surface area contributed by atoms with E-state index in [0.29, 0.717) is 18.8 Å². The number of piperidine rings is 1. The van der Waals surface area contributed by atoms with Gasteiger partial charge < -0.3 is 5.11 Å². The second-order valence-electron chi connectivity index (χ2n) is 7.26. The number of aliphatic hydroxyl groups excluding tert-OH is 1. The molecule has 6 heteroatoms. The number of halogens is 1. The number of aryl methyl sites for hydroxylation is 2. The van der Waals surface area contributed by atoms with E-state index < -0.39 is 0 Å². The van der Waals surface area contributed by atoms with Crippen LogP contribution in [0.15, 0.2) is 36.5 Å². The van der Waals surface area contributed by atoms with Crippen LogP contribution in [0.1, 0.15) is 28.2 Å². The van der Waals surface area contributed by atoms with E-state index in [1.807, 2.05) is 12.3 Å². The van der Waals surface area contributed by atoms with Crippen molar-refractivity contribution in [2.45, 2.75) is 39.3 Å². The molecular formula is C21H24FN3OS. The van der Waals surface area contributed by atoms with Gasteiger partial charge in [-0.25, -0.2) is 9.07 Å². The third-order valence-corrected chi connectivity index (χ3v) is 6.03. The molecule has 3 aromatic rings. The maximum absolute atomic E-state index is 14.3. The van der Waals surface area contributed by atoms with Gasteiger partial charge in [0.1, 0.15) is 11.5 Å². The van der Waals surface area contributed by atoms with Gasteiger partial charge in [0.2, 0.25) is 0 Å². The topological polar surface area (TPSA) is 41.3 Å². The highest BCUT2D eigenvalue weighted by atomic mass is 32.1. The SMILES string of the molecule is Cc1cc(-c2nn(-c3ccccc3F)cc2CN2CCC[C@H](O)C2)c(C)s1. The predicted octanol–water partition coefficient (Wildman–Crippen LogP) is 4.31. The Labute approximate surface area is 162 Å². The molecule has 1 aromatic carbocycles. The number of likely N-dealkylation sites (tertiary alicyclic amines) is 1. The summed E-state index contributed by atoms with van der Waals surface area (Å²) in [5.41, 5.74) is 3.53. The smallest absolute Gasteiger partial charge is 0.148 e. The van der Waals surface area contributed by atoms with E-state index in [4.69, 9.17) is 5.10 Å². The Morgan fingerprint density at radius 2 is 2.11 bits per heavy atom. The third-order valence-electron chi connectivity index (χ3n) is 5.06. The van der Waals surface area contributed by atoms with E-state index in [-0.39, 0.29) is 11.9 Å². The Bertz CT molecular complexity index is 949. The van der Waals surface area contributed by atoms with E-state index in [2.05, 4.69) is 24.8 Å². The number of benzene rings is 1. The van der Waals surface area contributed by atoms with Crippen LogP contribution in [0.5, 0.6) is 0 Å². The number of hydrogen-bond acceptors (Lipinski definition) is 4. The van der Waals surface area contributed by atoms with Gasteiger partial charge in [-0.3, -0.25) is 4.90 Å². The zero-order valence-corrected chi connectivity index (χ0v) is 16.5. The number of hydrogen-bond donors (Lipinski definition) is 1. The summed E-state index contributed by atoms with van der Waals surface area (Å²) >= 11 is 1.75. The van der Waals surface area contributed by atoms with Crippen LogP contribution in [0.3, 0.4) is 0 Å². The molecule has 142 valence electrons. The van der Waals surface area contributed by atoms with Crippen molar-refractivity contribution in [2.75, 3.05) is 13.1 Å². The summed E-state index contributed by atoms with van der Waals surface area (Å²) in [5, 5.41) is 14.8. The first-order chi connectivity index (χ1) is 13.0. The number of thiophene rings is 1. The third kappa shape index (κ3) is 3.83. The fraction of sp³-hybridized carbons (Fsp3) is 0.381. The van der Waals surface area contributed by atoms with Crippen LogP contribution in [-0.2, 0) is 6.54 Å². The summed E-state index contributed by atoms with van der Waals surface area (Å²) in [5.74, 6) is -0.287. The Hall–Kier alpha value is -2.02. The summed E-state index contributed by atoms with van der Waals surface area (Å²) < 4.78 is 16.0. The standard InChI is InChI=1S/C21H24FN3OS/c1-14-10-18(15(2)27-14)21-16(11-24-9-5-6-17(26)13-24)12-25(23-21)20-8-4-3-7-19(20)22/h3-4,7-8,10,12,17,26H,5-6,9,11,13H2,1-2H3/t17-/m0/s1.